The van der Waals surface area contributed by atoms with Crippen molar-refractivity contribution in [3.8, 4) is 0 Å². The van der Waals surface area contributed by atoms with E-state index in [9.17, 15) is 4.79 Å². The molecule has 0 aromatic rings. The summed E-state index contributed by atoms with van der Waals surface area (Å²) >= 11 is 0. The molecule has 2 aliphatic rings. The number of hydrogen-bond donors (Lipinski definition) is 2. The van der Waals surface area contributed by atoms with Crippen molar-refractivity contribution < 1.29 is 4.79 Å². The van der Waals surface area contributed by atoms with Gasteiger partial charge in [-0.15, -0.1) is 0 Å². The van der Waals surface area contributed by atoms with Crippen molar-refractivity contribution in [2.24, 2.45) is 0 Å². The molecule has 72 valence electrons. The zero-order chi connectivity index (χ0) is 9.10. The van der Waals surface area contributed by atoms with Gasteiger partial charge in [-0.25, -0.2) is 0 Å². The first-order chi connectivity index (χ1) is 6.36. The van der Waals surface area contributed by atoms with E-state index >= 15 is 0 Å². The van der Waals surface area contributed by atoms with Crippen molar-refractivity contribution in [2.75, 3.05) is 6.54 Å². The molecule has 0 aromatic heterocycles. The highest BCUT2D eigenvalue weighted by Gasteiger charge is 2.24. The van der Waals surface area contributed by atoms with Crippen molar-refractivity contribution in [1.29, 1.82) is 0 Å². The lowest BCUT2D eigenvalue weighted by molar-refractivity contribution is -0.124. The molecule has 3 heteroatoms. The van der Waals surface area contributed by atoms with Gasteiger partial charge in [-0.05, 0) is 25.7 Å². The van der Waals surface area contributed by atoms with Crippen molar-refractivity contribution in [3.63, 3.8) is 0 Å². The Balaban J connectivity index is 1.82. The van der Waals surface area contributed by atoms with Crippen LogP contribution in [0.5, 0.6) is 0 Å². The molecule has 1 fully saturated rings. The van der Waals surface area contributed by atoms with E-state index in [0.29, 0.717) is 6.04 Å². The molecule has 0 spiro atoms. The average Bonchev–Trinajstić information content (AvgIpc) is 2.61. The summed E-state index contributed by atoms with van der Waals surface area (Å²) < 4.78 is 0. The van der Waals surface area contributed by atoms with Crippen LogP contribution in [-0.2, 0) is 4.79 Å². The van der Waals surface area contributed by atoms with Crippen LogP contribution in [0.15, 0.2) is 12.2 Å². The minimum absolute atomic E-state index is 0.0543. The van der Waals surface area contributed by atoms with E-state index in [1.165, 1.54) is 0 Å². The highest BCUT2D eigenvalue weighted by atomic mass is 16.2. The molecule has 1 heterocycles. The van der Waals surface area contributed by atoms with Gasteiger partial charge in [0.15, 0.2) is 0 Å². The first-order valence-corrected chi connectivity index (χ1v) is 5.05. The van der Waals surface area contributed by atoms with Gasteiger partial charge >= 0.3 is 0 Å². The lowest BCUT2D eigenvalue weighted by Gasteiger charge is -2.25. The Bertz CT molecular complexity index is 217. The summed E-state index contributed by atoms with van der Waals surface area (Å²) in [5, 5.41) is 6.28. The van der Waals surface area contributed by atoms with Crippen LogP contribution in [0.4, 0.5) is 0 Å². The zero-order valence-corrected chi connectivity index (χ0v) is 7.75. The number of carbonyl (C=O) groups excluding carboxylic acids is 1. The van der Waals surface area contributed by atoms with Crippen LogP contribution in [-0.4, -0.2) is 24.5 Å². The third-order valence-corrected chi connectivity index (χ3v) is 2.73. The van der Waals surface area contributed by atoms with Gasteiger partial charge < -0.3 is 10.6 Å². The quantitative estimate of drug-likeness (QED) is 0.610. The lowest BCUT2D eigenvalue weighted by Crippen LogP contribution is -2.51. The number of rotatable bonds is 2. The molecule has 1 atom stereocenters. The predicted octanol–water partition coefficient (Wildman–Crippen LogP) is 0.573. The van der Waals surface area contributed by atoms with Gasteiger partial charge in [0.1, 0.15) is 0 Å². The fourth-order valence-electron chi connectivity index (χ4n) is 1.97. The van der Waals surface area contributed by atoms with E-state index in [2.05, 4.69) is 22.8 Å². The van der Waals surface area contributed by atoms with Crippen LogP contribution in [0.25, 0.3) is 0 Å². The summed E-state index contributed by atoms with van der Waals surface area (Å²) in [7, 11) is 0. The Morgan fingerprint density at radius 2 is 2.15 bits per heavy atom. The molecule has 1 unspecified atom stereocenters. The minimum atomic E-state index is 0.0543. The predicted molar refractivity (Wildman–Crippen MR) is 51.3 cm³/mol. The third kappa shape index (κ3) is 2.10. The van der Waals surface area contributed by atoms with E-state index in [0.717, 1.165) is 32.2 Å². The summed E-state index contributed by atoms with van der Waals surface area (Å²) in [5.74, 6) is 0.179. The molecule has 1 aliphatic heterocycles. The molecule has 0 radical (unpaired) electrons. The molecule has 0 aromatic carbocycles. The summed E-state index contributed by atoms with van der Waals surface area (Å²) in [6.45, 7) is 0.847. The van der Waals surface area contributed by atoms with Crippen molar-refractivity contribution in [2.45, 2.75) is 37.8 Å². The van der Waals surface area contributed by atoms with Crippen LogP contribution in [0, 0.1) is 0 Å². The van der Waals surface area contributed by atoms with Crippen LogP contribution in [0.3, 0.4) is 0 Å². The number of nitrogens with one attached hydrogen (secondary N) is 2. The number of amides is 1. The Kier molecular flexibility index (Phi) is 2.64. The number of carbonyl (C=O) groups is 1. The molecule has 1 amide bonds. The van der Waals surface area contributed by atoms with E-state index in [4.69, 9.17) is 0 Å². The van der Waals surface area contributed by atoms with Gasteiger partial charge in [0.2, 0.25) is 5.91 Å². The van der Waals surface area contributed by atoms with Crippen molar-refractivity contribution >= 4 is 5.91 Å². The van der Waals surface area contributed by atoms with E-state index in [-0.39, 0.29) is 11.9 Å². The Hall–Kier alpha value is -0.830. The molecule has 1 aliphatic carbocycles. The largest absolute Gasteiger partial charge is 0.355 e. The maximum atomic E-state index is 11.4. The Labute approximate surface area is 78.6 Å². The van der Waals surface area contributed by atoms with Crippen LogP contribution < -0.4 is 10.6 Å². The van der Waals surface area contributed by atoms with E-state index in [1.54, 1.807) is 0 Å². The standard InChI is InChI=1S/C10H16N2O/c13-10-9(6-3-7-11-10)12-8-4-1-2-5-8/h1-2,8-9,12H,3-7H2,(H,11,13). The zero-order valence-electron chi connectivity index (χ0n) is 7.75. The van der Waals surface area contributed by atoms with Gasteiger partial charge in [-0.3, -0.25) is 4.79 Å². The summed E-state index contributed by atoms with van der Waals surface area (Å²) in [4.78, 5) is 11.4. The fourth-order valence-corrected chi connectivity index (χ4v) is 1.97. The Morgan fingerprint density at radius 3 is 2.85 bits per heavy atom. The summed E-state index contributed by atoms with van der Waals surface area (Å²) in [6.07, 6.45) is 8.59. The summed E-state index contributed by atoms with van der Waals surface area (Å²) in [5.41, 5.74) is 0. The SMILES string of the molecule is O=C1NCCCC1NC1CC=CC1. The van der Waals surface area contributed by atoms with Gasteiger partial charge in [-0.2, -0.15) is 0 Å². The molecule has 2 N–H and O–H groups in total. The molecule has 3 nitrogen and oxygen atoms in total. The molecule has 0 saturated carbocycles. The topological polar surface area (TPSA) is 41.1 Å². The van der Waals surface area contributed by atoms with E-state index < -0.39 is 0 Å². The summed E-state index contributed by atoms with van der Waals surface area (Å²) in [6, 6.07) is 0.549. The molecule has 13 heavy (non-hydrogen) atoms. The maximum absolute atomic E-state index is 11.4. The second kappa shape index (κ2) is 3.92. The smallest absolute Gasteiger partial charge is 0.237 e. The normalized spacial score (nSPS) is 29.2. The monoisotopic (exact) mass is 180 g/mol. The second-order valence-electron chi connectivity index (χ2n) is 3.79. The Morgan fingerprint density at radius 1 is 1.38 bits per heavy atom. The number of piperidine rings is 1. The lowest BCUT2D eigenvalue weighted by atomic mass is 10.1. The third-order valence-electron chi connectivity index (χ3n) is 2.73. The van der Waals surface area contributed by atoms with Crippen LogP contribution >= 0.6 is 0 Å². The van der Waals surface area contributed by atoms with Gasteiger partial charge in [-0.1, -0.05) is 12.2 Å². The highest BCUT2D eigenvalue weighted by Crippen LogP contribution is 2.12. The van der Waals surface area contributed by atoms with Crippen LogP contribution in [0.1, 0.15) is 25.7 Å². The van der Waals surface area contributed by atoms with Crippen LogP contribution in [0.2, 0.25) is 0 Å². The average molecular weight is 180 g/mol. The molecule has 1 saturated heterocycles. The number of hydrogen-bond acceptors (Lipinski definition) is 2. The minimum Gasteiger partial charge on any atom is -0.355 e. The molecule has 2 rings (SSSR count). The van der Waals surface area contributed by atoms with E-state index in [1.807, 2.05) is 0 Å². The maximum Gasteiger partial charge on any atom is 0.237 e. The van der Waals surface area contributed by atoms with Crippen molar-refractivity contribution in [1.82, 2.24) is 10.6 Å². The van der Waals surface area contributed by atoms with Gasteiger partial charge in [0.05, 0.1) is 6.04 Å². The second-order valence-corrected chi connectivity index (χ2v) is 3.79. The van der Waals surface area contributed by atoms with Gasteiger partial charge in [0.25, 0.3) is 0 Å². The highest BCUT2D eigenvalue weighted by molar-refractivity contribution is 5.82. The first kappa shape index (κ1) is 8.75. The molecule has 0 bridgehead atoms. The van der Waals surface area contributed by atoms with Crippen molar-refractivity contribution in [3.05, 3.63) is 12.2 Å². The first-order valence-electron chi connectivity index (χ1n) is 5.05. The fraction of sp³-hybridized carbons (Fsp3) is 0.700. The van der Waals surface area contributed by atoms with Gasteiger partial charge in [0, 0.05) is 12.6 Å². The molecular weight excluding hydrogens is 164 g/mol. The molecular formula is C10H16N2O.